The van der Waals surface area contributed by atoms with Crippen molar-refractivity contribution in [3.05, 3.63) is 58.6 Å². The van der Waals surface area contributed by atoms with Gasteiger partial charge in [0, 0.05) is 11.6 Å². The average Bonchev–Trinajstić information content (AvgIpc) is 2.46. The smallest absolute Gasteiger partial charge is 0.336 e. The molecule has 0 aliphatic heterocycles. The lowest BCUT2D eigenvalue weighted by molar-refractivity contribution is 0.0694. The van der Waals surface area contributed by atoms with Crippen molar-refractivity contribution in [3.63, 3.8) is 0 Å². The maximum atomic E-state index is 11.1. The summed E-state index contributed by atoms with van der Waals surface area (Å²) in [5.74, 6) is 0.131. The Balaban J connectivity index is 2.15. The van der Waals surface area contributed by atoms with Crippen molar-refractivity contribution in [2.45, 2.75) is 6.61 Å². The Hall–Kier alpha value is -2.20. The van der Waals surface area contributed by atoms with E-state index in [1.165, 1.54) is 6.07 Å². The molecule has 1 N–H and O–H groups in total. The van der Waals surface area contributed by atoms with Gasteiger partial charge in [-0.05, 0) is 18.2 Å². The normalized spacial score (nSPS) is 10.1. The van der Waals surface area contributed by atoms with Crippen molar-refractivity contribution in [1.29, 1.82) is 0 Å². The summed E-state index contributed by atoms with van der Waals surface area (Å²) in [5, 5.41) is 9.50. The SMILES string of the molecule is COc1ccc(OCc2ccccc2C(=O)O)c(Cl)c1. The fraction of sp³-hybridized carbons (Fsp3) is 0.133. The largest absolute Gasteiger partial charge is 0.497 e. The van der Waals surface area contributed by atoms with Crippen LogP contribution in [0.25, 0.3) is 0 Å². The lowest BCUT2D eigenvalue weighted by Gasteiger charge is -2.10. The lowest BCUT2D eigenvalue weighted by Crippen LogP contribution is -2.05. The Labute approximate surface area is 121 Å². The van der Waals surface area contributed by atoms with Crippen LogP contribution in [-0.2, 0) is 6.61 Å². The van der Waals surface area contributed by atoms with Crippen LogP contribution in [-0.4, -0.2) is 18.2 Å². The first-order valence-corrected chi connectivity index (χ1v) is 6.27. The van der Waals surface area contributed by atoms with Gasteiger partial charge in [0.05, 0.1) is 17.7 Å². The van der Waals surface area contributed by atoms with Gasteiger partial charge in [0.15, 0.2) is 0 Å². The fourth-order valence-electron chi connectivity index (χ4n) is 1.74. The van der Waals surface area contributed by atoms with Crippen molar-refractivity contribution in [1.82, 2.24) is 0 Å². The maximum absolute atomic E-state index is 11.1. The van der Waals surface area contributed by atoms with E-state index in [9.17, 15) is 4.79 Å². The summed E-state index contributed by atoms with van der Waals surface area (Å²) in [6.45, 7) is 0.133. The minimum absolute atomic E-state index is 0.133. The summed E-state index contributed by atoms with van der Waals surface area (Å²) in [5.41, 5.74) is 0.809. The molecule has 0 bridgehead atoms. The van der Waals surface area contributed by atoms with Crippen LogP contribution in [0, 0.1) is 0 Å². The van der Waals surface area contributed by atoms with E-state index >= 15 is 0 Å². The predicted octanol–water partition coefficient (Wildman–Crippen LogP) is 3.63. The average molecular weight is 293 g/mol. The predicted molar refractivity (Wildman–Crippen MR) is 75.7 cm³/mol. The molecule has 2 aromatic rings. The molecule has 0 aromatic heterocycles. The van der Waals surface area contributed by atoms with Gasteiger partial charge in [-0.3, -0.25) is 0 Å². The van der Waals surface area contributed by atoms with Gasteiger partial charge in [-0.1, -0.05) is 29.8 Å². The molecule has 0 heterocycles. The molecule has 0 saturated carbocycles. The summed E-state index contributed by atoms with van der Waals surface area (Å²) in [6.07, 6.45) is 0. The number of carbonyl (C=O) groups is 1. The Morgan fingerprint density at radius 2 is 2.00 bits per heavy atom. The molecular formula is C15H13ClO4. The summed E-state index contributed by atoms with van der Waals surface area (Å²) in [6, 6.07) is 11.7. The van der Waals surface area contributed by atoms with Crippen LogP contribution in [0.5, 0.6) is 11.5 Å². The summed E-state index contributed by atoms with van der Waals surface area (Å²) in [7, 11) is 1.55. The molecule has 2 rings (SSSR count). The molecule has 0 fully saturated rings. The van der Waals surface area contributed by atoms with Gasteiger partial charge in [-0.2, -0.15) is 0 Å². The quantitative estimate of drug-likeness (QED) is 0.914. The zero-order valence-electron chi connectivity index (χ0n) is 10.8. The van der Waals surface area contributed by atoms with Gasteiger partial charge in [-0.25, -0.2) is 4.79 Å². The monoisotopic (exact) mass is 292 g/mol. The van der Waals surface area contributed by atoms with E-state index in [2.05, 4.69) is 0 Å². The highest BCUT2D eigenvalue weighted by Crippen LogP contribution is 2.29. The molecule has 0 amide bonds. The van der Waals surface area contributed by atoms with Crippen LogP contribution in [0.15, 0.2) is 42.5 Å². The number of aromatic carboxylic acids is 1. The second kappa shape index (κ2) is 6.30. The van der Waals surface area contributed by atoms with Crippen LogP contribution in [0.4, 0.5) is 0 Å². The Morgan fingerprint density at radius 3 is 2.65 bits per heavy atom. The first-order chi connectivity index (χ1) is 9.61. The van der Waals surface area contributed by atoms with E-state index in [0.29, 0.717) is 22.1 Å². The molecule has 0 aliphatic carbocycles. The summed E-state index contributed by atoms with van der Waals surface area (Å²) in [4.78, 5) is 11.1. The number of hydrogen-bond donors (Lipinski definition) is 1. The minimum atomic E-state index is -0.981. The van der Waals surface area contributed by atoms with E-state index in [-0.39, 0.29) is 12.2 Å². The third-order valence-corrected chi connectivity index (χ3v) is 3.07. The fourth-order valence-corrected chi connectivity index (χ4v) is 1.96. The first kappa shape index (κ1) is 14.2. The van der Waals surface area contributed by atoms with Crippen LogP contribution in [0.3, 0.4) is 0 Å². The standard InChI is InChI=1S/C15H13ClO4/c1-19-11-6-7-14(13(16)8-11)20-9-10-4-2-3-5-12(10)15(17)18/h2-8H,9H2,1H3,(H,17,18). The number of hydrogen-bond acceptors (Lipinski definition) is 3. The zero-order valence-corrected chi connectivity index (χ0v) is 11.6. The van der Waals surface area contributed by atoms with Crippen LogP contribution in [0.1, 0.15) is 15.9 Å². The molecule has 4 nitrogen and oxygen atoms in total. The lowest BCUT2D eigenvalue weighted by atomic mass is 10.1. The molecule has 0 atom stereocenters. The van der Waals surface area contributed by atoms with Crippen LogP contribution < -0.4 is 9.47 Å². The Bertz CT molecular complexity index is 625. The van der Waals surface area contributed by atoms with Crippen molar-refractivity contribution in [2.24, 2.45) is 0 Å². The Kier molecular flexibility index (Phi) is 4.48. The molecule has 20 heavy (non-hydrogen) atoms. The summed E-state index contributed by atoms with van der Waals surface area (Å²) < 4.78 is 10.6. The zero-order chi connectivity index (χ0) is 14.5. The summed E-state index contributed by atoms with van der Waals surface area (Å²) >= 11 is 6.06. The molecular weight excluding hydrogens is 280 g/mol. The first-order valence-electron chi connectivity index (χ1n) is 5.89. The van der Waals surface area contributed by atoms with E-state index in [4.69, 9.17) is 26.2 Å². The molecule has 0 spiro atoms. The molecule has 0 radical (unpaired) electrons. The van der Waals surface area contributed by atoms with E-state index in [1.54, 1.807) is 43.5 Å². The molecule has 5 heteroatoms. The number of ether oxygens (including phenoxy) is 2. The van der Waals surface area contributed by atoms with Gasteiger partial charge in [0.25, 0.3) is 0 Å². The van der Waals surface area contributed by atoms with Gasteiger partial charge >= 0.3 is 5.97 Å². The number of halogens is 1. The second-order valence-corrected chi connectivity index (χ2v) is 4.45. The highest BCUT2D eigenvalue weighted by atomic mass is 35.5. The van der Waals surface area contributed by atoms with E-state index in [1.807, 2.05) is 0 Å². The van der Waals surface area contributed by atoms with Gasteiger partial charge in [0.2, 0.25) is 0 Å². The third-order valence-electron chi connectivity index (χ3n) is 2.77. The van der Waals surface area contributed by atoms with E-state index < -0.39 is 5.97 Å². The van der Waals surface area contributed by atoms with Crippen molar-refractivity contribution in [2.75, 3.05) is 7.11 Å². The third kappa shape index (κ3) is 3.22. The van der Waals surface area contributed by atoms with E-state index in [0.717, 1.165) is 0 Å². The maximum Gasteiger partial charge on any atom is 0.336 e. The molecule has 2 aromatic carbocycles. The highest BCUT2D eigenvalue weighted by molar-refractivity contribution is 6.32. The molecule has 0 saturated heterocycles. The topological polar surface area (TPSA) is 55.8 Å². The highest BCUT2D eigenvalue weighted by Gasteiger charge is 2.10. The minimum Gasteiger partial charge on any atom is -0.497 e. The van der Waals surface area contributed by atoms with Gasteiger partial charge in [-0.15, -0.1) is 0 Å². The van der Waals surface area contributed by atoms with Crippen LogP contribution in [0.2, 0.25) is 5.02 Å². The second-order valence-electron chi connectivity index (χ2n) is 4.05. The number of carboxylic acids is 1. The molecule has 0 aliphatic rings. The van der Waals surface area contributed by atoms with Crippen LogP contribution >= 0.6 is 11.6 Å². The van der Waals surface area contributed by atoms with Gasteiger partial charge < -0.3 is 14.6 Å². The number of benzene rings is 2. The van der Waals surface area contributed by atoms with Gasteiger partial charge in [0.1, 0.15) is 18.1 Å². The van der Waals surface area contributed by atoms with Crippen molar-refractivity contribution >= 4 is 17.6 Å². The van der Waals surface area contributed by atoms with Crippen molar-refractivity contribution in [3.8, 4) is 11.5 Å². The number of methoxy groups -OCH3 is 1. The molecule has 0 unspecified atom stereocenters. The number of carboxylic acid groups (broad SMARTS) is 1. The number of rotatable bonds is 5. The Morgan fingerprint density at radius 1 is 1.25 bits per heavy atom. The van der Waals surface area contributed by atoms with Crippen molar-refractivity contribution < 1.29 is 19.4 Å². The molecule has 104 valence electrons.